The third-order valence-corrected chi connectivity index (χ3v) is 6.93. The summed E-state index contributed by atoms with van der Waals surface area (Å²) in [5, 5.41) is 20.7. The van der Waals surface area contributed by atoms with E-state index in [2.05, 4.69) is 12.2 Å². The molecule has 1 aromatic rings. The van der Waals surface area contributed by atoms with Crippen LogP contribution in [0.25, 0.3) is 0 Å². The number of nitro groups is 1. The third-order valence-electron chi connectivity index (χ3n) is 6.93. The number of rotatable bonds is 10. The first-order chi connectivity index (χ1) is 13.4. The molecule has 2 atom stereocenters. The van der Waals surface area contributed by atoms with Gasteiger partial charge in [0.2, 0.25) is 0 Å². The van der Waals surface area contributed by atoms with E-state index in [1.165, 1.54) is 44.2 Å². The zero-order valence-electron chi connectivity index (χ0n) is 16.7. The van der Waals surface area contributed by atoms with Crippen molar-refractivity contribution in [1.82, 2.24) is 0 Å². The van der Waals surface area contributed by atoms with Crippen LogP contribution in [0.4, 0.5) is 5.69 Å². The van der Waals surface area contributed by atoms with Gasteiger partial charge in [-0.1, -0.05) is 37.6 Å². The number of aliphatic carboxylic acids is 1. The van der Waals surface area contributed by atoms with Gasteiger partial charge in [0.15, 0.2) is 0 Å². The molecule has 28 heavy (non-hydrogen) atoms. The molecule has 1 aromatic carbocycles. The summed E-state index contributed by atoms with van der Waals surface area (Å²) in [7, 11) is 0. The molecule has 0 radical (unpaired) electrons. The van der Waals surface area contributed by atoms with E-state index in [-0.39, 0.29) is 11.6 Å². The Morgan fingerprint density at radius 3 is 2.46 bits per heavy atom. The van der Waals surface area contributed by atoms with E-state index in [1.807, 2.05) is 6.92 Å². The van der Waals surface area contributed by atoms with Crippen molar-refractivity contribution in [2.45, 2.75) is 70.6 Å². The Kier molecular flexibility index (Phi) is 6.53. The molecular formula is C23H31NO4. The van der Waals surface area contributed by atoms with Crippen molar-refractivity contribution in [3.05, 3.63) is 52.1 Å². The summed E-state index contributed by atoms with van der Waals surface area (Å²) in [5.74, 6) is -0.489. The van der Waals surface area contributed by atoms with Crippen LogP contribution in [0, 0.1) is 27.4 Å². The Morgan fingerprint density at radius 2 is 1.96 bits per heavy atom. The molecule has 2 aliphatic carbocycles. The summed E-state index contributed by atoms with van der Waals surface area (Å²) in [6, 6.07) is 6.40. The predicted octanol–water partition coefficient (Wildman–Crippen LogP) is 6.10. The molecule has 2 bridgehead atoms. The van der Waals surface area contributed by atoms with Gasteiger partial charge in [-0.15, -0.1) is 0 Å². The van der Waals surface area contributed by atoms with Crippen LogP contribution in [-0.4, -0.2) is 16.0 Å². The van der Waals surface area contributed by atoms with E-state index >= 15 is 0 Å². The van der Waals surface area contributed by atoms with Crippen molar-refractivity contribution in [1.29, 1.82) is 0 Å². The molecule has 2 aliphatic rings. The first-order valence-corrected chi connectivity index (χ1v) is 10.6. The highest BCUT2D eigenvalue weighted by atomic mass is 16.6. The number of carboxylic acids is 1. The molecule has 0 spiro atoms. The second-order valence-corrected chi connectivity index (χ2v) is 8.75. The summed E-state index contributed by atoms with van der Waals surface area (Å²) < 4.78 is 0. The van der Waals surface area contributed by atoms with Crippen molar-refractivity contribution < 1.29 is 14.8 Å². The summed E-state index contributed by atoms with van der Waals surface area (Å²) in [5.41, 5.74) is 1.41. The fraction of sp³-hybridized carbons (Fsp3) is 0.609. The lowest BCUT2D eigenvalue weighted by Gasteiger charge is -2.25. The number of benzene rings is 1. The molecule has 2 saturated carbocycles. The van der Waals surface area contributed by atoms with Crippen molar-refractivity contribution >= 4 is 11.7 Å². The van der Waals surface area contributed by atoms with Gasteiger partial charge < -0.3 is 5.11 Å². The lowest BCUT2D eigenvalue weighted by atomic mass is 9.79. The van der Waals surface area contributed by atoms with E-state index < -0.39 is 16.8 Å². The number of non-ortho nitro benzene ring substituents is 1. The fourth-order valence-corrected chi connectivity index (χ4v) is 5.36. The molecular weight excluding hydrogens is 354 g/mol. The molecule has 0 saturated heterocycles. The molecule has 3 rings (SSSR count). The van der Waals surface area contributed by atoms with Crippen molar-refractivity contribution in [3.8, 4) is 0 Å². The second kappa shape index (κ2) is 8.89. The summed E-state index contributed by atoms with van der Waals surface area (Å²) in [6.07, 6.45) is 14.4. The average Bonchev–Trinajstić information content (AvgIpc) is 3.28. The molecule has 0 amide bonds. The topological polar surface area (TPSA) is 80.4 Å². The second-order valence-electron chi connectivity index (χ2n) is 8.75. The lowest BCUT2D eigenvalue weighted by Crippen LogP contribution is -2.22. The van der Waals surface area contributed by atoms with E-state index in [9.17, 15) is 20.0 Å². The summed E-state index contributed by atoms with van der Waals surface area (Å²) in [4.78, 5) is 22.4. The van der Waals surface area contributed by atoms with Gasteiger partial charge in [0.25, 0.3) is 5.69 Å². The van der Waals surface area contributed by atoms with E-state index in [0.29, 0.717) is 18.3 Å². The standard InChI is InChI=1S/C23H31NO4/c1-2-5-21(22(25)26)20(18-7-9-19(10-8-18)24(27)28)6-3-4-13-23-14-11-17(16-23)12-15-23/h3-4,7-10,17,20-21H,2,5-6,11-16H2,1H3,(H,25,26). The van der Waals surface area contributed by atoms with Crippen molar-refractivity contribution in [3.63, 3.8) is 0 Å². The molecule has 0 aliphatic heterocycles. The van der Waals surface area contributed by atoms with Crippen LogP contribution in [-0.2, 0) is 4.79 Å². The van der Waals surface area contributed by atoms with Crippen LogP contribution >= 0.6 is 0 Å². The molecule has 5 heteroatoms. The van der Waals surface area contributed by atoms with Crippen molar-refractivity contribution in [2.75, 3.05) is 0 Å². The number of nitro benzene ring substituents is 1. The zero-order valence-corrected chi connectivity index (χ0v) is 16.7. The number of allylic oxidation sites excluding steroid dienone is 2. The fourth-order valence-electron chi connectivity index (χ4n) is 5.36. The highest BCUT2D eigenvalue weighted by Gasteiger charge is 2.43. The van der Waals surface area contributed by atoms with Crippen molar-refractivity contribution in [2.24, 2.45) is 17.3 Å². The Morgan fingerprint density at radius 1 is 1.29 bits per heavy atom. The maximum Gasteiger partial charge on any atom is 0.307 e. The molecule has 0 heterocycles. The molecule has 0 aromatic heterocycles. The molecule has 2 fully saturated rings. The Labute approximate surface area is 167 Å². The Balaban J connectivity index is 1.72. The van der Waals surface area contributed by atoms with Crippen LogP contribution in [0.2, 0.25) is 0 Å². The summed E-state index contributed by atoms with van der Waals surface area (Å²) >= 11 is 0. The number of nitrogens with zero attached hydrogens (tertiary/aromatic N) is 1. The van der Waals surface area contributed by atoms with Gasteiger partial charge >= 0.3 is 5.97 Å². The van der Waals surface area contributed by atoms with Crippen LogP contribution in [0.5, 0.6) is 0 Å². The first kappa shape index (κ1) is 20.6. The molecule has 2 unspecified atom stereocenters. The number of carboxylic acid groups (broad SMARTS) is 1. The molecule has 5 nitrogen and oxygen atoms in total. The van der Waals surface area contributed by atoms with Crippen LogP contribution < -0.4 is 0 Å². The first-order valence-electron chi connectivity index (χ1n) is 10.6. The lowest BCUT2D eigenvalue weighted by molar-refractivity contribution is -0.384. The number of carbonyl (C=O) groups is 1. The van der Waals surface area contributed by atoms with E-state index in [1.54, 1.807) is 12.1 Å². The van der Waals surface area contributed by atoms with Gasteiger partial charge in [-0.2, -0.15) is 0 Å². The minimum absolute atomic E-state index is 0.0385. The van der Waals surface area contributed by atoms with Crippen LogP contribution in [0.15, 0.2) is 36.4 Å². The van der Waals surface area contributed by atoms with Gasteiger partial charge in [0.1, 0.15) is 0 Å². The number of fused-ring (bicyclic) bond motifs is 2. The van der Waals surface area contributed by atoms with Gasteiger partial charge in [0, 0.05) is 18.1 Å². The number of hydrogen-bond acceptors (Lipinski definition) is 3. The maximum atomic E-state index is 11.9. The predicted molar refractivity (Wildman–Crippen MR) is 109 cm³/mol. The highest BCUT2D eigenvalue weighted by molar-refractivity contribution is 5.71. The van der Waals surface area contributed by atoms with Crippen LogP contribution in [0.1, 0.15) is 76.2 Å². The van der Waals surface area contributed by atoms with E-state index in [4.69, 9.17) is 0 Å². The minimum Gasteiger partial charge on any atom is -0.481 e. The van der Waals surface area contributed by atoms with Gasteiger partial charge in [-0.05, 0) is 68.3 Å². The highest BCUT2D eigenvalue weighted by Crippen LogP contribution is 2.56. The zero-order chi connectivity index (χ0) is 20.1. The molecule has 1 N–H and O–H groups in total. The quantitative estimate of drug-likeness (QED) is 0.300. The monoisotopic (exact) mass is 385 g/mol. The SMILES string of the molecule is CCCC(C(=O)O)C(CC=CCC12CCC(CC1)C2)c1ccc([N+](=O)[O-])cc1. The van der Waals surface area contributed by atoms with Gasteiger partial charge in [0.05, 0.1) is 10.8 Å². The maximum absolute atomic E-state index is 11.9. The smallest absolute Gasteiger partial charge is 0.307 e. The van der Waals surface area contributed by atoms with Crippen LogP contribution in [0.3, 0.4) is 0 Å². The van der Waals surface area contributed by atoms with Gasteiger partial charge in [-0.25, -0.2) is 0 Å². The van der Waals surface area contributed by atoms with Gasteiger partial charge in [-0.3, -0.25) is 14.9 Å². The minimum atomic E-state index is -0.786. The third kappa shape index (κ3) is 4.62. The summed E-state index contributed by atoms with van der Waals surface area (Å²) in [6.45, 7) is 1.99. The normalized spacial score (nSPS) is 25.8. The average molecular weight is 386 g/mol. The largest absolute Gasteiger partial charge is 0.481 e. The number of hydrogen-bond donors (Lipinski definition) is 1. The Hall–Kier alpha value is -2.17. The molecule has 152 valence electrons. The van der Waals surface area contributed by atoms with E-state index in [0.717, 1.165) is 24.3 Å². The Bertz CT molecular complexity index is 717.